The van der Waals surface area contributed by atoms with Crippen molar-refractivity contribution in [3.8, 4) is 0 Å². The zero-order chi connectivity index (χ0) is 15.8. The summed E-state index contributed by atoms with van der Waals surface area (Å²) in [6.07, 6.45) is 0. The molecule has 1 aliphatic heterocycles. The van der Waals surface area contributed by atoms with Gasteiger partial charge in [-0.15, -0.1) is 11.3 Å². The summed E-state index contributed by atoms with van der Waals surface area (Å²) >= 11 is 1.39. The second-order valence-corrected chi connectivity index (χ2v) is 7.17. The third-order valence-corrected chi connectivity index (χ3v) is 4.20. The van der Waals surface area contributed by atoms with Gasteiger partial charge in [-0.25, -0.2) is 4.79 Å². The van der Waals surface area contributed by atoms with E-state index in [1.165, 1.54) is 11.3 Å². The van der Waals surface area contributed by atoms with Crippen LogP contribution in [-0.4, -0.2) is 34.8 Å². The molecule has 2 N–H and O–H groups in total. The molecule has 0 aliphatic carbocycles. The standard InChI is InChI=1S/C14H19N3O3S/c1-13(2,3)15-10(18)8-17-11(19)14(4,16-12(17)20)9-6-5-7-21-9/h5-7H,8H2,1-4H3,(H,15,18)(H,16,20). The van der Waals surface area contributed by atoms with E-state index in [1.54, 1.807) is 13.0 Å². The molecule has 4 amide bonds. The Morgan fingerprint density at radius 1 is 1.43 bits per heavy atom. The summed E-state index contributed by atoms with van der Waals surface area (Å²) in [5, 5.41) is 7.25. The summed E-state index contributed by atoms with van der Waals surface area (Å²) in [4.78, 5) is 38.2. The lowest BCUT2D eigenvalue weighted by atomic mass is 10.0. The van der Waals surface area contributed by atoms with Crippen molar-refractivity contribution in [2.45, 2.75) is 38.8 Å². The first-order chi connectivity index (χ1) is 9.63. The number of hydrogen-bond acceptors (Lipinski definition) is 4. The monoisotopic (exact) mass is 309 g/mol. The molecule has 1 aromatic rings. The summed E-state index contributed by atoms with van der Waals surface area (Å²) in [6.45, 7) is 6.90. The topological polar surface area (TPSA) is 78.5 Å². The van der Waals surface area contributed by atoms with Gasteiger partial charge in [0.05, 0.1) is 0 Å². The van der Waals surface area contributed by atoms with Crippen LogP contribution in [0.15, 0.2) is 17.5 Å². The molecule has 0 spiro atoms. The van der Waals surface area contributed by atoms with Crippen LogP contribution in [0.5, 0.6) is 0 Å². The molecular formula is C14H19N3O3S. The SMILES string of the molecule is CC(C)(C)NC(=O)CN1C(=O)NC(C)(c2cccs2)C1=O. The van der Waals surface area contributed by atoms with E-state index in [4.69, 9.17) is 0 Å². The number of imide groups is 1. The van der Waals surface area contributed by atoms with Gasteiger partial charge in [-0.05, 0) is 39.1 Å². The van der Waals surface area contributed by atoms with Crippen LogP contribution < -0.4 is 10.6 Å². The molecule has 21 heavy (non-hydrogen) atoms. The van der Waals surface area contributed by atoms with E-state index in [0.29, 0.717) is 0 Å². The molecule has 0 radical (unpaired) electrons. The highest BCUT2D eigenvalue weighted by molar-refractivity contribution is 7.10. The third kappa shape index (κ3) is 3.07. The first kappa shape index (κ1) is 15.5. The van der Waals surface area contributed by atoms with E-state index in [0.717, 1.165) is 9.78 Å². The van der Waals surface area contributed by atoms with Gasteiger partial charge in [-0.2, -0.15) is 0 Å². The molecule has 1 fully saturated rings. The normalized spacial score (nSPS) is 22.4. The Morgan fingerprint density at radius 3 is 2.62 bits per heavy atom. The zero-order valence-electron chi connectivity index (χ0n) is 12.5. The predicted molar refractivity (Wildman–Crippen MR) is 79.8 cm³/mol. The quantitative estimate of drug-likeness (QED) is 0.829. The largest absolute Gasteiger partial charge is 0.350 e. The van der Waals surface area contributed by atoms with Crippen molar-refractivity contribution in [3.05, 3.63) is 22.4 Å². The minimum Gasteiger partial charge on any atom is -0.350 e. The van der Waals surface area contributed by atoms with Crippen LogP contribution in [0.3, 0.4) is 0 Å². The van der Waals surface area contributed by atoms with Crippen LogP contribution >= 0.6 is 11.3 Å². The average Bonchev–Trinajstić information content (AvgIpc) is 2.92. The lowest BCUT2D eigenvalue weighted by Crippen LogP contribution is -2.48. The Kier molecular flexibility index (Phi) is 3.79. The summed E-state index contributed by atoms with van der Waals surface area (Å²) < 4.78 is 0. The Bertz CT molecular complexity index is 577. The second-order valence-electron chi connectivity index (χ2n) is 6.22. The maximum atomic E-state index is 12.5. The van der Waals surface area contributed by atoms with E-state index in [9.17, 15) is 14.4 Å². The van der Waals surface area contributed by atoms with E-state index < -0.39 is 23.0 Å². The van der Waals surface area contributed by atoms with Gasteiger partial charge >= 0.3 is 6.03 Å². The Morgan fingerprint density at radius 2 is 2.10 bits per heavy atom. The minimum absolute atomic E-state index is 0.275. The Hall–Kier alpha value is -1.89. The Balaban J connectivity index is 2.14. The lowest BCUT2D eigenvalue weighted by molar-refractivity contribution is -0.135. The first-order valence-electron chi connectivity index (χ1n) is 6.62. The number of nitrogens with zero attached hydrogens (tertiary/aromatic N) is 1. The van der Waals surface area contributed by atoms with E-state index in [1.807, 2.05) is 32.2 Å². The van der Waals surface area contributed by atoms with Crippen molar-refractivity contribution in [1.29, 1.82) is 0 Å². The van der Waals surface area contributed by atoms with Crippen molar-refractivity contribution in [2.24, 2.45) is 0 Å². The second kappa shape index (κ2) is 5.14. The fourth-order valence-electron chi connectivity index (χ4n) is 2.17. The van der Waals surface area contributed by atoms with Gasteiger partial charge in [0.25, 0.3) is 5.91 Å². The Labute approximate surface area is 127 Å². The molecule has 1 aliphatic rings. The molecule has 0 saturated carbocycles. The van der Waals surface area contributed by atoms with Gasteiger partial charge in [-0.1, -0.05) is 6.07 Å². The van der Waals surface area contributed by atoms with Crippen LogP contribution in [0.1, 0.15) is 32.6 Å². The molecule has 0 bridgehead atoms. The van der Waals surface area contributed by atoms with Crippen LogP contribution in [-0.2, 0) is 15.1 Å². The van der Waals surface area contributed by atoms with Gasteiger partial charge in [-0.3, -0.25) is 14.5 Å². The summed E-state index contributed by atoms with van der Waals surface area (Å²) in [7, 11) is 0. The van der Waals surface area contributed by atoms with E-state index in [-0.39, 0.29) is 12.5 Å². The van der Waals surface area contributed by atoms with Crippen molar-refractivity contribution >= 4 is 29.2 Å². The highest BCUT2D eigenvalue weighted by Crippen LogP contribution is 2.31. The maximum absolute atomic E-state index is 12.5. The summed E-state index contributed by atoms with van der Waals surface area (Å²) in [5.74, 6) is -0.763. The van der Waals surface area contributed by atoms with Crippen LogP contribution in [0.4, 0.5) is 4.79 Å². The molecule has 1 aromatic heterocycles. The first-order valence-corrected chi connectivity index (χ1v) is 7.50. The van der Waals surface area contributed by atoms with Crippen molar-refractivity contribution in [3.63, 3.8) is 0 Å². The van der Waals surface area contributed by atoms with E-state index in [2.05, 4.69) is 10.6 Å². The fourth-order valence-corrected chi connectivity index (χ4v) is 3.01. The van der Waals surface area contributed by atoms with Gasteiger partial charge < -0.3 is 10.6 Å². The number of thiophene rings is 1. The van der Waals surface area contributed by atoms with Crippen molar-refractivity contribution in [1.82, 2.24) is 15.5 Å². The molecule has 0 aromatic carbocycles. The molecule has 7 heteroatoms. The average molecular weight is 309 g/mol. The van der Waals surface area contributed by atoms with Gasteiger partial charge in [0.1, 0.15) is 6.54 Å². The molecule has 2 rings (SSSR count). The summed E-state index contributed by atoms with van der Waals surface area (Å²) in [6, 6.07) is 3.07. The summed E-state index contributed by atoms with van der Waals surface area (Å²) in [5.41, 5.74) is -1.50. The number of carbonyl (C=O) groups excluding carboxylic acids is 3. The minimum atomic E-state index is -1.09. The van der Waals surface area contributed by atoms with E-state index >= 15 is 0 Å². The van der Waals surface area contributed by atoms with Crippen LogP contribution in [0, 0.1) is 0 Å². The fraction of sp³-hybridized carbons (Fsp3) is 0.500. The maximum Gasteiger partial charge on any atom is 0.325 e. The van der Waals surface area contributed by atoms with Gasteiger partial charge in [0.2, 0.25) is 5.91 Å². The van der Waals surface area contributed by atoms with Crippen LogP contribution in [0.2, 0.25) is 0 Å². The third-order valence-electron chi connectivity index (χ3n) is 3.11. The van der Waals surface area contributed by atoms with Crippen molar-refractivity contribution in [2.75, 3.05) is 6.54 Å². The highest BCUT2D eigenvalue weighted by Gasteiger charge is 2.50. The molecule has 1 atom stereocenters. The molecule has 114 valence electrons. The number of amides is 4. The number of carbonyl (C=O) groups is 3. The predicted octanol–water partition coefficient (Wildman–Crippen LogP) is 1.43. The molecule has 6 nitrogen and oxygen atoms in total. The van der Waals surface area contributed by atoms with Gasteiger partial charge in [0, 0.05) is 10.4 Å². The number of hydrogen-bond donors (Lipinski definition) is 2. The number of urea groups is 1. The molecule has 1 unspecified atom stereocenters. The zero-order valence-corrected chi connectivity index (χ0v) is 13.3. The number of rotatable bonds is 3. The molecule has 1 saturated heterocycles. The van der Waals surface area contributed by atoms with Crippen molar-refractivity contribution < 1.29 is 14.4 Å². The molecule has 2 heterocycles. The van der Waals surface area contributed by atoms with Gasteiger partial charge in [0.15, 0.2) is 5.54 Å². The smallest absolute Gasteiger partial charge is 0.325 e. The van der Waals surface area contributed by atoms with Crippen LogP contribution in [0.25, 0.3) is 0 Å². The molecular weight excluding hydrogens is 290 g/mol. The lowest BCUT2D eigenvalue weighted by Gasteiger charge is -2.23. The number of nitrogens with one attached hydrogen (secondary N) is 2. The highest BCUT2D eigenvalue weighted by atomic mass is 32.1.